The molecule has 0 aliphatic rings. The highest BCUT2D eigenvalue weighted by molar-refractivity contribution is 5.83. The maximum atomic E-state index is 11.3. The number of hydrogen-bond donors (Lipinski definition) is 1. The lowest BCUT2D eigenvalue weighted by Gasteiger charge is -2.19. The molecule has 0 aliphatic carbocycles. The molecule has 0 atom stereocenters. The molecule has 0 bridgehead atoms. The van der Waals surface area contributed by atoms with Crippen molar-refractivity contribution in [1.82, 2.24) is 15.1 Å². The SMILES string of the molecule is CCCNC(=O)N(C)CC(=O)N(C)C. The maximum absolute atomic E-state index is 11.3. The molecule has 0 radical (unpaired) electrons. The molecule has 0 fully saturated rings. The number of hydrogen-bond acceptors (Lipinski definition) is 2. The van der Waals surface area contributed by atoms with Crippen molar-refractivity contribution in [2.45, 2.75) is 13.3 Å². The van der Waals surface area contributed by atoms with Crippen LogP contribution in [0.5, 0.6) is 0 Å². The Labute approximate surface area is 85.1 Å². The molecular weight excluding hydrogens is 182 g/mol. The van der Waals surface area contributed by atoms with Crippen LogP contribution in [0.3, 0.4) is 0 Å². The van der Waals surface area contributed by atoms with Gasteiger partial charge in [0.25, 0.3) is 0 Å². The average molecular weight is 201 g/mol. The van der Waals surface area contributed by atoms with Gasteiger partial charge in [-0.25, -0.2) is 4.79 Å². The van der Waals surface area contributed by atoms with Gasteiger partial charge >= 0.3 is 6.03 Å². The van der Waals surface area contributed by atoms with Gasteiger partial charge in [-0.2, -0.15) is 0 Å². The zero-order chi connectivity index (χ0) is 11.1. The summed E-state index contributed by atoms with van der Waals surface area (Å²) in [5.41, 5.74) is 0. The number of carbonyl (C=O) groups is 2. The minimum atomic E-state index is -0.206. The van der Waals surface area contributed by atoms with Gasteiger partial charge in [0.15, 0.2) is 0 Å². The quantitative estimate of drug-likeness (QED) is 0.702. The van der Waals surface area contributed by atoms with Gasteiger partial charge in [-0.05, 0) is 6.42 Å². The molecule has 82 valence electrons. The molecule has 0 aromatic heterocycles. The predicted molar refractivity (Wildman–Crippen MR) is 55.0 cm³/mol. The zero-order valence-electron chi connectivity index (χ0n) is 9.33. The number of likely N-dealkylation sites (N-methyl/N-ethyl adjacent to an activating group) is 2. The number of nitrogens with one attached hydrogen (secondary N) is 1. The van der Waals surface area contributed by atoms with Crippen LogP contribution in [0.15, 0.2) is 0 Å². The molecule has 5 heteroatoms. The van der Waals surface area contributed by atoms with Crippen LogP contribution in [-0.2, 0) is 4.79 Å². The lowest BCUT2D eigenvalue weighted by atomic mass is 10.4. The Kier molecular flexibility index (Phi) is 5.67. The molecule has 0 saturated carbocycles. The van der Waals surface area contributed by atoms with E-state index in [1.165, 1.54) is 9.80 Å². The topological polar surface area (TPSA) is 52.7 Å². The fourth-order valence-electron chi connectivity index (χ4n) is 0.783. The Balaban J connectivity index is 3.89. The van der Waals surface area contributed by atoms with E-state index in [0.29, 0.717) is 6.54 Å². The van der Waals surface area contributed by atoms with E-state index in [-0.39, 0.29) is 18.5 Å². The van der Waals surface area contributed by atoms with Crippen LogP contribution < -0.4 is 5.32 Å². The van der Waals surface area contributed by atoms with Gasteiger partial charge in [0.2, 0.25) is 5.91 Å². The van der Waals surface area contributed by atoms with Gasteiger partial charge in [0, 0.05) is 27.7 Å². The van der Waals surface area contributed by atoms with E-state index in [0.717, 1.165) is 6.42 Å². The smallest absolute Gasteiger partial charge is 0.317 e. The number of carbonyl (C=O) groups excluding carboxylic acids is 2. The van der Waals surface area contributed by atoms with E-state index in [4.69, 9.17) is 0 Å². The minimum Gasteiger partial charge on any atom is -0.347 e. The Morgan fingerprint density at radius 2 is 1.79 bits per heavy atom. The Bertz CT molecular complexity index is 204. The molecular formula is C9H19N3O2. The van der Waals surface area contributed by atoms with Gasteiger partial charge in [-0.1, -0.05) is 6.92 Å². The van der Waals surface area contributed by atoms with Crippen LogP contribution in [0, 0.1) is 0 Å². The van der Waals surface area contributed by atoms with Gasteiger partial charge in [0.05, 0.1) is 0 Å². The van der Waals surface area contributed by atoms with Gasteiger partial charge in [-0.15, -0.1) is 0 Å². The van der Waals surface area contributed by atoms with Crippen LogP contribution >= 0.6 is 0 Å². The molecule has 0 saturated heterocycles. The fraction of sp³-hybridized carbons (Fsp3) is 0.778. The third-order valence-electron chi connectivity index (χ3n) is 1.74. The normalized spacial score (nSPS) is 9.43. The van der Waals surface area contributed by atoms with E-state index in [1.54, 1.807) is 21.1 Å². The van der Waals surface area contributed by atoms with Gasteiger partial charge in [0.1, 0.15) is 6.54 Å². The summed E-state index contributed by atoms with van der Waals surface area (Å²) < 4.78 is 0. The van der Waals surface area contributed by atoms with E-state index < -0.39 is 0 Å². The third kappa shape index (κ3) is 4.69. The van der Waals surface area contributed by atoms with Crippen molar-refractivity contribution < 1.29 is 9.59 Å². The highest BCUT2D eigenvalue weighted by atomic mass is 16.2. The van der Waals surface area contributed by atoms with Crippen molar-refractivity contribution in [2.75, 3.05) is 34.2 Å². The second-order valence-electron chi connectivity index (χ2n) is 3.38. The van der Waals surface area contributed by atoms with Crippen molar-refractivity contribution in [3.05, 3.63) is 0 Å². The predicted octanol–water partition coefficient (Wildman–Crippen LogP) is 0.126. The molecule has 1 N–H and O–H groups in total. The summed E-state index contributed by atoms with van der Waals surface area (Å²) in [6.07, 6.45) is 0.890. The fourth-order valence-corrected chi connectivity index (χ4v) is 0.783. The van der Waals surface area contributed by atoms with Crippen molar-refractivity contribution >= 4 is 11.9 Å². The molecule has 14 heavy (non-hydrogen) atoms. The second kappa shape index (κ2) is 6.23. The molecule has 5 nitrogen and oxygen atoms in total. The Hall–Kier alpha value is -1.26. The van der Waals surface area contributed by atoms with Crippen LogP contribution in [0.4, 0.5) is 4.79 Å². The minimum absolute atomic E-state index is 0.0841. The summed E-state index contributed by atoms with van der Waals surface area (Å²) >= 11 is 0. The van der Waals surface area contributed by atoms with Gasteiger partial charge in [-0.3, -0.25) is 4.79 Å². The van der Waals surface area contributed by atoms with E-state index in [2.05, 4.69) is 5.32 Å². The number of urea groups is 1. The summed E-state index contributed by atoms with van der Waals surface area (Å²) in [4.78, 5) is 25.4. The van der Waals surface area contributed by atoms with Crippen LogP contribution in [-0.4, -0.2) is 56.0 Å². The van der Waals surface area contributed by atoms with Crippen LogP contribution in [0.25, 0.3) is 0 Å². The molecule has 0 heterocycles. The first-order valence-corrected chi connectivity index (χ1v) is 4.68. The first kappa shape index (κ1) is 12.7. The highest BCUT2D eigenvalue weighted by Crippen LogP contribution is 1.88. The first-order chi connectivity index (χ1) is 6.49. The molecule has 3 amide bonds. The summed E-state index contributed by atoms with van der Waals surface area (Å²) in [7, 11) is 4.94. The van der Waals surface area contributed by atoms with Gasteiger partial charge < -0.3 is 15.1 Å². The monoisotopic (exact) mass is 201 g/mol. The van der Waals surface area contributed by atoms with E-state index >= 15 is 0 Å². The highest BCUT2D eigenvalue weighted by Gasteiger charge is 2.12. The van der Waals surface area contributed by atoms with Crippen LogP contribution in [0.1, 0.15) is 13.3 Å². The Morgan fingerprint density at radius 1 is 1.21 bits per heavy atom. The van der Waals surface area contributed by atoms with Crippen molar-refractivity contribution in [3.63, 3.8) is 0 Å². The summed E-state index contributed by atoms with van der Waals surface area (Å²) in [5.74, 6) is -0.0841. The molecule has 0 aromatic carbocycles. The first-order valence-electron chi connectivity index (χ1n) is 4.68. The Morgan fingerprint density at radius 3 is 2.21 bits per heavy atom. The van der Waals surface area contributed by atoms with E-state index in [1.807, 2.05) is 6.92 Å². The zero-order valence-corrected chi connectivity index (χ0v) is 9.33. The van der Waals surface area contributed by atoms with Crippen molar-refractivity contribution in [3.8, 4) is 0 Å². The maximum Gasteiger partial charge on any atom is 0.317 e. The van der Waals surface area contributed by atoms with E-state index in [9.17, 15) is 9.59 Å². The molecule has 0 spiro atoms. The average Bonchev–Trinajstić information content (AvgIpc) is 2.13. The summed E-state index contributed by atoms with van der Waals surface area (Å²) in [6.45, 7) is 2.73. The number of nitrogens with zero attached hydrogens (tertiary/aromatic N) is 2. The number of rotatable bonds is 4. The molecule has 0 unspecified atom stereocenters. The molecule has 0 aromatic rings. The lowest BCUT2D eigenvalue weighted by molar-refractivity contribution is -0.129. The van der Waals surface area contributed by atoms with Crippen molar-refractivity contribution in [1.29, 1.82) is 0 Å². The summed E-state index contributed by atoms with van der Waals surface area (Å²) in [6, 6.07) is -0.206. The lowest BCUT2D eigenvalue weighted by Crippen LogP contribution is -2.43. The standard InChI is InChI=1S/C9H19N3O2/c1-5-6-10-9(14)12(4)7-8(13)11(2)3/h5-7H2,1-4H3,(H,10,14). The second-order valence-corrected chi connectivity index (χ2v) is 3.38. The molecule has 0 rings (SSSR count). The summed E-state index contributed by atoms with van der Waals surface area (Å²) in [5, 5.41) is 2.69. The third-order valence-corrected chi connectivity index (χ3v) is 1.74. The largest absolute Gasteiger partial charge is 0.347 e. The number of amides is 3. The van der Waals surface area contributed by atoms with Crippen LogP contribution in [0.2, 0.25) is 0 Å². The molecule has 0 aliphatic heterocycles. The van der Waals surface area contributed by atoms with Crippen molar-refractivity contribution in [2.24, 2.45) is 0 Å².